The highest BCUT2D eigenvalue weighted by molar-refractivity contribution is 4.91. The summed E-state index contributed by atoms with van der Waals surface area (Å²) in [5, 5.41) is 7.26. The van der Waals surface area contributed by atoms with Crippen LogP contribution < -0.4 is 5.32 Å². The first-order chi connectivity index (χ1) is 8.70. The third kappa shape index (κ3) is 3.29. The van der Waals surface area contributed by atoms with Crippen molar-refractivity contribution in [3.8, 4) is 0 Å². The molecule has 1 fully saturated rings. The van der Waals surface area contributed by atoms with Gasteiger partial charge in [-0.1, -0.05) is 31.8 Å². The molecule has 5 heteroatoms. The Labute approximate surface area is 108 Å². The van der Waals surface area contributed by atoms with Crippen LogP contribution in [0, 0.1) is 0 Å². The summed E-state index contributed by atoms with van der Waals surface area (Å²) in [5.41, 5.74) is 0. The molecule has 1 aromatic rings. The summed E-state index contributed by atoms with van der Waals surface area (Å²) >= 11 is 0. The summed E-state index contributed by atoms with van der Waals surface area (Å²) in [6.07, 6.45) is 5.07. The van der Waals surface area contributed by atoms with Crippen LogP contribution in [0.1, 0.15) is 57.2 Å². The topological polar surface area (TPSA) is 60.2 Å². The maximum absolute atomic E-state index is 5.91. The zero-order valence-electron chi connectivity index (χ0n) is 11.5. The minimum atomic E-state index is 0.262. The molecule has 1 heterocycles. The second kappa shape index (κ2) is 6.29. The van der Waals surface area contributed by atoms with Crippen LogP contribution in [0.3, 0.4) is 0 Å². The predicted molar refractivity (Wildman–Crippen MR) is 68.3 cm³/mol. The fourth-order valence-electron chi connectivity index (χ4n) is 2.37. The molecule has 2 atom stereocenters. The average molecular weight is 253 g/mol. The fraction of sp³-hybridized carbons (Fsp3) is 0.846. The highest BCUT2D eigenvalue weighted by atomic mass is 16.5. The van der Waals surface area contributed by atoms with Crippen LogP contribution in [0.15, 0.2) is 4.52 Å². The van der Waals surface area contributed by atoms with Gasteiger partial charge >= 0.3 is 0 Å². The van der Waals surface area contributed by atoms with Crippen LogP contribution in [0.5, 0.6) is 0 Å². The Balaban J connectivity index is 1.85. The Bertz CT molecular complexity index is 365. The number of rotatable bonds is 5. The summed E-state index contributed by atoms with van der Waals surface area (Å²) in [6, 6.07) is 0.450. The van der Waals surface area contributed by atoms with E-state index >= 15 is 0 Å². The van der Waals surface area contributed by atoms with Gasteiger partial charge < -0.3 is 14.6 Å². The van der Waals surface area contributed by atoms with Crippen LogP contribution in [-0.4, -0.2) is 29.3 Å². The Morgan fingerprint density at radius 3 is 2.83 bits per heavy atom. The normalized spacial score (nSPS) is 24.7. The molecule has 1 saturated carbocycles. The maximum atomic E-state index is 5.91. The number of nitrogens with zero attached hydrogens (tertiary/aromatic N) is 2. The molecule has 2 unspecified atom stereocenters. The molecular formula is C13H23N3O2. The standard InChI is InChI=1S/C13H23N3O2/c1-9(2)13-15-12(18-16-13)8-17-11-7-5-4-6-10(11)14-3/h9-11,14H,4-8H2,1-3H3. The first kappa shape index (κ1) is 13.5. The van der Waals surface area contributed by atoms with Gasteiger partial charge in [0.2, 0.25) is 0 Å². The van der Waals surface area contributed by atoms with Gasteiger partial charge in [0.25, 0.3) is 5.89 Å². The van der Waals surface area contributed by atoms with Crippen molar-refractivity contribution in [2.24, 2.45) is 0 Å². The van der Waals surface area contributed by atoms with E-state index in [4.69, 9.17) is 9.26 Å². The van der Waals surface area contributed by atoms with Gasteiger partial charge in [0.15, 0.2) is 5.82 Å². The Hall–Kier alpha value is -0.940. The third-order valence-corrected chi connectivity index (χ3v) is 3.49. The minimum Gasteiger partial charge on any atom is -0.367 e. The second-order valence-corrected chi connectivity index (χ2v) is 5.23. The van der Waals surface area contributed by atoms with Crippen molar-refractivity contribution < 1.29 is 9.26 Å². The summed E-state index contributed by atoms with van der Waals surface area (Å²) in [5.74, 6) is 1.63. The van der Waals surface area contributed by atoms with Crippen molar-refractivity contribution in [3.05, 3.63) is 11.7 Å². The molecule has 18 heavy (non-hydrogen) atoms. The molecule has 0 saturated heterocycles. The molecular weight excluding hydrogens is 230 g/mol. The number of nitrogens with one attached hydrogen (secondary N) is 1. The number of aromatic nitrogens is 2. The quantitative estimate of drug-likeness (QED) is 0.872. The van der Waals surface area contributed by atoms with Crippen molar-refractivity contribution in [2.75, 3.05) is 7.05 Å². The van der Waals surface area contributed by atoms with E-state index in [1.165, 1.54) is 19.3 Å². The van der Waals surface area contributed by atoms with Gasteiger partial charge in [-0.25, -0.2) is 0 Å². The van der Waals surface area contributed by atoms with Crippen LogP contribution in [0.25, 0.3) is 0 Å². The molecule has 1 aliphatic rings. The van der Waals surface area contributed by atoms with Gasteiger partial charge in [-0.2, -0.15) is 4.98 Å². The number of hydrogen-bond acceptors (Lipinski definition) is 5. The number of hydrogen-bond donors (Lipinski definition) is 1. The summed E-state index contributed by atoms with van der Waals surface area (Å²) in [6.45, 7) is 4.52. The SMILES string of the molecule is CNC1CCCCC1OCc1nc(C(C)C)no1. The minimum absolute atomic E-state index is 0.262. The Kier molecular flexibility index (Phi) is 4.72. The van der Waals surface area contributed by atoms with E-state index < -0.39 is 0 Å². The van der Waals surface area contributed by atoms with E-state index in [-0.39, 0.29) is 6.10 Å². The molecule has 1 N–H and O–H groups in total. The molecule has 2 rings (SSSR count). The lowest BCUT2D eigenvalue weighted by Gasteiger charge is -2.30. The van der Waals surface area contributed by atoms with Crippen molar-refractivity contribution >= 4 is 0 Å². The largest absolute Gasteiger partial charge is 0.367 e. The van der Waals surface area contributed by atoms with Gasteiger partial charge in [0.05, 0.1) is 6.10 Å². The van der Waals surface area contributed by atoms with E-state index in [9.17, 15) is 0 Å². The summed E-state index contributed by atoms with van der Waals surface area (Å²) in [4.78, 5) is 4.32. The fourth-order valence-corrected chi connectivity index (χ4v) is 2.37. The Morgan fingerprint density at radius 2 is 2.17 bits per heavy atom. The lowest BCUT2D eigenvalue weighted by atomic mass is 9.92. The molecule has 5 nitrogen and oxygen atoms in total. The zero-order valence-corrected chi connectivity index (χ0v) is 11.5. The predicted octanol–water partition coefficient (Wildman–Crippen LogP) is 2.24. The molecule has 1 aliphatic carbocycles. The van der Waals surface area contributed by atoms with E-state index in [1.807, 2.05) is 20.9 Å². The van der Waals surface area contributed by atoms with Crippen LogP contribution in [0.4, 0.5) is 0 Å². The zero-order chi connectivity index (χ0) is 13.0. The van der Waals surface area contributed by atoms with E-state index in [0.717, 1.165) is 12.2 Å². The molecule has 0 aromatic carbocycles. The van der Waals surface area contributed by atoms with Gasteiger partial charge in [-0.15, -0.1) is 0 Å². The van der Waals surface area contributed by atoms with Crippen molar-refractivity contribution in [1.82, 2.24) is 15.5 Å². The van der Waals surface area contributed by atoms with Gasteiger partial charge in [0, 0.05) is 12.0 Å². The Morgan fingerprint density at radius 1 is 1.39 bits per heavy atom. The summed E-state index contributed by atoms with van der Waals surface area (Å²) in [7, 11) is 2.00. The lowest BCUT2D eigenvalue weighted by molar-refractivity contribution is -0.0141. The van der Waals surface area contributed by atoms with Gasteiger partial charge in [-0.05, 0) is 19.9 Å². The highest BCUT2D eigenvalue weighted by Crippen LogP contribution is 2.22. The second-order valence-electron chi connectivity index (χ2n) is 5.23. The smallest absolute Gasteiger partial charge is 0.252 e. The average Bonchev–Trinajstić information content (AvgIpc) is 2.85. The van der Waals surface area contributed by atoms with E-state index in [1.54, 1.807) is 0 Å². The van der Waals surface area contributed by atoms with Crippen LogP contribution in [-0.2, 0) is 11.3 Å². The maximum Gasteiger partial charge on any atom is 0.252 e. The lowest BCUT2D eigenvalue weighted by Crippen LogP contribution is -2.41. The number of ether oxygens (including phenoxy) is 1. The van der Waals surface area contributed by atoms with Crippen molar-refractivity contribution in [3.63, 3.8) is 0 Å². The van der Waals surface area contributed by atoms with Crippen molar-refractivity contribution in [2.45, 2.75) is 64.2 Å². The summed E-state index contributed by atoms with van der Waals surface area (Å²) < 4.78 is 11.1. The molecule has 0 aliphatic heterocycles. The molecule has 1 aromatic heterocycles. The first-order valence-electron chi connectivity index (χ1n) is 6.82. The van der Waals surface area contributed by atoms with Crippen LogP contribution in [0.2, 0.25) is 0 Å². The first-order valence-corrected chi connectivity index (χ1v) is 6.82. The van der Waals surface area contributed by atoms with Gasteiger partial charge in [-0.3, -0.25) is 0 Å². The van der Waals surface area contributed by atoms with E-state index in [2.05, 4.69) is 15.5 Å². The molecule has 0 bridgehead atoms. The molecule has 102 valence electrons. The molecule has 0 radical (unpaired) electrons. The highest BCUT2D eigenvalue weighted by Gasteiger charge is 2.25. The monoisotopic (exact) mass is 253 g/mol. The number of likely N-dealkylation sites (N-methyl/N-ethyl adjacent to an activating group) is 1. The van der Waals surface area contributed by atoms with Crippen molar-refractivity contribution in [1.29, 1.82) is 0 Å². The third-order valence-electron chi connectivity index (χ3n) is 3.49. The van der Waals surface area contributed by atoms with Gasteiger partial charge in [0.1, 0.15) is 6.61 Å². The van der Waals surface area contributed by atoms with Crippen LogP contribution >= 0.6 is 0 Å². The molecule has 0 spiro atoms. The molecule has 0 amide bonds. The van der Waals surface area contributed by atoms with E-state index in [0.29, 0.717) is 24.5 Å².